The number of carboxylic acid groups (broad SMARTS) is 1. The molecule has 0 atom stereocenters. The SMILES string of the molecule is COC(=O)/C=C/c1ccccc1.COc1cc(C(=O)O)ccc1O.O=C(C=Cc1ccccc1O)OC(=O)C=Cc1ccccc1Cl. The number of rotatable bonds is 8. The summed E-state index contributed by atoms with van der Waals surface area (Å²) in [6.45, 7) is 0. The van der Waals surface area contributed by atoms with Crippen LogP contribution in [-0.4, -0.2) is 53.4 Å². The van der Waals surface area contributed by atoms with Crippen LogP contribution < -0.4 is 4.74 Å². The van der Waals surface area contributed by atoms with Gasteiger partial charge in [0.15, 0.2) is 11.5 Å². The monoisotopic (exact) mass is 658 g/mol. The Morgan fingerprint density at radius 2 is 1.19 bits per heavy atom. The van der Waals surface area contributed by atoms with Crippen molar-refractivity contribution in [2.75, 3.05) is 14.2 Å². The van der Waals surface area contributed by atoms with Gasteiger partial charge in [-0.05, 0) is 59.7 Å². The van der Waals surface area contributed by atoms with E-state index in [-0.39, 0.29) is 28.8 Å². The van der Waals surface area contributed by atoms with Gasteiger partial charge in [0.2, 0.25) is 0 Å². The summed E-state index contributed by atoms with van der Waals surface area (Å²) >= 11 is 5.94. The number of hydrogen-bond donors (Lipinski definition) is 3. The van der Waals surface area contributed by atoms with Crippen LogP contribution in [0.5, 0.6) is 17.2 Å². The van der Waals surface area contributed by atoms with Crippen molar-refractivity contribution in [3.05, 3.63) is 143 Å². The van der Waals surface area contributed by atoms with Crippen LogP contribution in [0, 0.1) is 0 Å². The van der Waals surface area contributed by atoms with Crippen molar-refractivity contribution in [2.45, 2.75) is 0 Å². The Morgan fingerprint density at radius 3 is 1.77 bits per heavy atom. The second-order valence-electron chi connectivity index (χ2n) is 8.95. The fourth-order valence-electron chi connectivity index (χ4n) is 3.33. The van der Waals surface area contributed by atoms with Crippen LogP contribution in [-0.2, 0) is 23.9 Å². The van der Waals surface area contributed by atoms with E-state index >= 15 is 0 Å². The first kappa shape index (κ1) is 37.1. The first-order valence-corrected chi connectivity index (χ1v) is 14.0. The maximum atomic E-state index is 11.6. The molecule has 0 radical (unpaired) electrons. The third-order valence-corrected chi connectivity index (χ3v) is 6.02. The van der Waals surface area contributed by atoms with Crippen molar-refractivity contribution < 1.29 is 48.7 Å². The maximum absolute atomic E-state index is 11.6. The van der Waals surface area contributed by atoms with Gasteiger partial charge >= 0.3 is 23.9 Å². The number of carbonyl (C=O) groups is 4. The minimum Gasteiger partial charge on any atom is -0.507 e. The van der Waals surface area contributed by atoms with Crippen LogP contribution in [0.3, 0.4) is 0 Å². The fraction of sp³-hybridized carbons (Fsp3) is 0.0556. The number of esters is 3. The van der Waals surface area contributed by atoms with E-state index in [4.69, 9.17) is 26.6 Å². The van der Waals surface area contributed by atoms with Gasteiger partial charge in [0.1, 0.15) is 5.75 Å². The van der Waals surface area contributed by atoms with Crippen LogP contribution in [0.2, 0.25) is 5.02 Å². The summed E-state index contributed by atoms with van der Waals surface area (Å²) < 4.78 is 13.8. The lowest BCUT2D eigenvalue weighted by molar-refractivity contribution is -0.152. The average molecular weight is 659 g/mol. The molecule has 0 aliphatic heterocycles. The number of carbonyl (C=O) groups excluding carboxylic acids is 3. The Kier molecular flexibility index (Phi) is 15.8. The van der Waals surface area contributed by atoms with Crippen LogP contribution in [0.25, 0.3) is 18.2 Å². The molecule has 10 nitrogen and oxygen atoms in total. The smallest absolute Gasteiger partial charge is 0.338 e. The number of phenols is 2. The maximum Gasteiger partial charge on any atom is 0.338 e. The number of carboxylic acids is 1. The summed E-state index contributed by atoms with van der Waals surface area (Å²) in [6, 6.07) is 26.9. The molecule has 0 aliphatic rings. The van der Waals surface area contributed by atoms with Gasteiger partial charge in [-0.25, -0.2) is 19.2 Å². The van der Waals surface area contributed by atoms with Gasteiger partial charge in [-0.2, -0.15) is 0 Å². The quantitative estimate of drug-likeness (QED) is 0.104. The van der Waals surface area contributed by atoms with Crippen molar-refractivity contribution in [3.63, 3.8) is 0 Å². The third kappa shape index (κ3) is 14.0. The average Bonchev–Trinajstić information content (AvgIpc) is 3.07. The Hall–Kier alpha value is -6.13. The topological polar surface area (TPSA) is 157 Å². The number of para-hydroxylation sites is 1. The minimum atomic E-state index is -1.05. The number of aromatic carboxylic acids is 1. The zero-order valence-corrected chi connectivity index (χ0v) is 26.0. The summed E-state index contributed by atoms with van der Waals surface area (Å²) in [4.78, 5) is 44.2. The predicted molar refractivity (Wildman–Crippen MR) is 178 cm³/mol. The highest BCUT2D eigenvalue weighted by molar-refractivity contribution is 6.32. The van der Waals surface area contributed by atoms with Crippen LogP contribution in [0.1, 0.15) is 27.0 Å². The van der Waals surface area contributed by atoms with E-state index in [1.807, 2.05) is 30.3 Å². The molecule has 0 heterocycles. The molecule has 4 rings (SSSR count). The number of hydrogen-bond acceptors (Lipinski definition) is 9. The summed E-state index contributed by atoms with van der Waals surface area (Å²) in [7, 11) is 2.72. The molecule has 0 aromatic heterocycles. The molecule has 0 saturated heterocycles. The number of phenolic OH excluding ortho intramolecular Hbond substituents is 2. The zero-order valence-electron chi connectivity index (χ0n) is 25.3. The number of methoxy groups -OCH3 is 2. The molecule has 0 fully saturated rings. The standard InChI is InChI=1S/C18H13ClO4.C10H10O2.C8H8O4/c19-15-7-3-1-5-13(15)9-11-17(21)23-18(22)12-10-14-6-2-4-8-16(14)20;1-12-10(11)8-7-9-5-3-2-4-6-9;1-12-7-4-5(8(10)11)2-3-6(7)9/h1-12,20H;2-8H,1H3;2-4,9H,1H3,(H,10,11)/b;8-7+;. The predicted octanol–water partition coefficient (Wildman–Crippen LogP) is 6.81. The van der Waals surface area contributed by atoms with Crippen LogP contribution >= 0.6 is 11.6 Å². The summed E-state index contributed by atoms with van der Waals surface area (Å²) in [5, 5.41) is 27.7. The van der Waals surface area contributed by atoms with E-state index in [2.05, 4.69) is 9.47 Å². The van der Waals surface area contributed by atoms with Crippen molar-refractivity contribution in [3.8, 4) is 17.2 Å². The molecule has 0 unspecified atom stereocenters. The molecule has 0 saturated carbocycles. The molecule has 0 aliphatic carbocycles. The lowest BCUT2D eigenvalue weighted by atomic mass is 10.2. The fourth-order valence-corrected chi connectivity index (χ4v) is 3.53. The Morgan fingerprint density at radius 1 is 0.638 bits per heavy atom. The Labute approximate surface area is 276 Å². The number of halogens is 1. The largest absolute Gasteiger partial charge is 0.507 e. The molecule has 11 heteroatoms. The molecule has 242 valence electrons. The van der Waals surface area contributed by atoms with Gasteiger partial charge in [-0.1, -0.05) is 78.3 Å². The molecule has 0 bridgehead atoms. The molecule has 4 aromatic rings. The lowest BCUT2D eigenvalue weighted by Gasteiger charge is -2.02. The normalized spacial score (nSPS) is 10.4. The van der Waals surface area contributed by atoms with E-state index in [0.717, 1.165) is 17.7 Å². The molecule has 0 amide bonds. The van der Waals surface area contributed by atoms with Gasteiger partial charge in [-0.15, -0.1) is 0 Å². The van der Waals surface area contributed by atoms with E-state index in [9.17, 15) is 24.3 Å². The van der Waals surface area contributed by atoms with Gasteiger partial charge in [-0.3, -0.25) is 0 Å². The van der Waals surface area contributed by atoms with Crippen molar-refractivity contribution in [1.82, 2.24) is 0 Å². The number of aromatic hydroxyl groups is 2. The van der Waals surface area contributed by atoms with Gasteiger partial charge in [0.25, 0.3) is 0 Å². The van der Waals surface area contributed by atoms with Crippen LogP contribution in [0.4, 0.5) is 0 Å². The molecule has 47 heavy (non-hydrogen) atoms. The Balaban J connectivity index is 0.000000270. The summed E-state index contributed by atoms with van der Waals surface area (Å²) in [5.41, 5.74) is 2.17. The van der Waals surface area contributed by atoms with E-state index in [1.165, 1.54) is 56.7 Å². The first-order valence-electron chi connectivity index (χ1n) is 13.6. The van der Waals surface area contributed by atoms with Gasteiger partial charge in [0.05, 0.1) is 19.8 Å². The van der Waals surface area contributed by atoms with E-state index < -0.39 is 17.9 Å². The second kappa shape index (κ2) is 20.0. The molecular weight excluding hydrogens is 628 g/mol. The third-order valence-electron chi connectivity index (χ3n) is 5.68. The van der Waals surface area contributed by atoms with E-state index in [0.29, 0.717) is 16.1 Å². The summed E-state index contributed by atoms with van der Waals surface area (Å²) in [6.07, 6.45) is 8.12. The number of ether oxygens (including phenoxy) is 3. The molecule has 4 aromatic carbocycles. The second-order valence-corrected chi connectivity index (χ2v) is 9.35. The first-order chi connectivity index (χ1) is 22.5. The highest BCUT2D eigenvalue weighted by Crippen LogP contribution is 2.26. The number of benzene rings is 4. The molecular formula is C36H31ClO10. The van der Waals surface area contributed by atoms with Crippen molar-refractivity contribution in [1.29, 1.82) is 0 Å². The highest BCUT2D eigenvalue weighted by atomic mass is 35.5. The molecule has 3 N–H and O–H groups in total. The minimum absolute atomic E-state index is 0.0292. The van der Waals surface area contributed by atoms with Crippen LogP contribution in [0.15, 0.2) is 115 Å². The summed E-state index contributed by atoms with van der Waals surface area (Å²) in [5.74, 6) is -2.90. The van der Waals surface area contributed by atoms with Gasteiger partial charge < -0.3 is 29.5 Å². The highest BCUT2D eigenvalue weighted by Gasteiger charge is 2.07. The van der Waals surface area contributed by atoms with Crippen molar-refractivity contribution in [2.24, 2.45) is 0 Å². The van der Waals surface area contributed by atoms with Crippen molar-refractivity contribution >= 4 is 53.7 Å². The Bertz CT molecular complexity index is 1680. The zero-order chi connectivity index (χ0) is 34.6. The lowest BCUT2D eigenvalue weighted by Crippen LogP contribution is -2.06. The van der Waals surface area contributed by atoms with Gasteiger partial charge in [0, 0.05) is 28.8 Å². The van der Waals surface area contributed by atoms with E-state index in [1.54, 1.807) is 48.5 Å². The molecule has 0 spiro atoms.